The van der Waals surface area contributed by atoms with Crippen molar-refractivity contribution in [3.05, 3.63) is 89.2 Å². The van der Waals surface area contributed by atoms with Crippen molar-refractivity contribution in [1.82, 2.24) is 5.32 Å². The number of nitrogen functional groups attached to an aromatic ring is 1. The summed E-state index contributed by atoms with van der Waals surface area (Å²) in [5, 5.41) is 10.2. The smallest absolute Gasteiger partial charge is 0.254 e. The van der Waals surface area contributed by atoms with E-state index in [1.807, 2.05) is 43.3 Å². The van der Waals surface area contributed by atoms with Gasteiger partial charge in [0, 0.05) is 44.6 Å². The number of nitrogens with one attached hydrogen (secondary N) is 2. The maximum Gasteiger partial charge on any atom is 0.254 e. The number of carbonyl (C=O) groups excluding carboxylic acids is 1. The van der Waals surface area contributed by atoms with Crippen LogP contribution in [0.25, 0.3) is 11.1 Å². The van der Waals surface area contributed by atoms with Gasteiger partial charge < -0.3 is 20.7 Å². The standard InChI is InChI=1S/C25H27FN4O2.ClH/c1-30(2)20-11-8-17(9-12-20)19-10-13-21(22(26)14-19)23(32-3)25(31)29-15-16-4-6-18(7-5-16)24(27)28;/h4-14,23H,15H2,1-3H3,(H3,27,28)(H,29,31);1H. The normalized spacial score (nSPS) is 11.3. The van der Waals surface area contributed by atoms with Crippen LogP contribution in [0.4, 0.5) is 10.1 Å². The number of amidine groups is 1. The van der Waals surface area contributed by atoms with Gasteiger partial charge in [-0.15, -0.1) is 12.4 Å². The largest absolute Gasteiger partial charge is 0.384 e. The Morgan fingerprint density at radius 1 is 1.06 bits per heavy atom. The molecule has 33 heavy (non-hydrogen) atoms. The van der Waals surface area contributed by atoms with Gasteiger partial charge in [0.25, 0.3) is 5.91 Å². The number of rotatable bonds is 8. The van der Waals surface area contributed by atoms with Crippen molar-refractivity contribution >= 4 is 29.8 Å². The molecule has 3 aromatic rings. The molecule has 0 bridgehead atoms. The Morgan fingerprint density at radius 3 is 2.18 bits per heavy atom. The van der Waals surface area contributed by atoms with Gasteiger partial charge in [0.05, 0.1) is 0 Å². The Balaban J connectivity index is 0.00000385. The molecule has 0 saturated heterocycles. The zero-order valence-electron chi connectivity index (χ0n) is 18.8. The van der Waals surface area contributed by atoms with E-state index in [0.717, 1.165) is 22.4 Å². The monoisotopic (exact) mass is 470 g/mol. The van der Waals surface area contributed by atoms with Gasteiger partial charge in [0.1, 0.15) is 11.7 Å². The number of nitrogens with zero attached hydrogens (tertiary/aromatic N) is 1. The fraction of sp³-hybridized carbons (Fsp3) is 0.200. The number of benzene rings is 3. The van der Waals surface area contributed by atoms with Crippen molar-refractivity contribution in [1.29, 1.82) is 5.41 Å². The molecule has 3 rings (SSSR count). The van der Waals surface area contributed by atoms with E-state index in [2.05, 4.69) is 5.32 Å². The summed E-state index contributed by atoms with van der Waals surface area (Å²) in [6.45, 7) is 0.245. The third-order valence-electron chi connectivity index (χ3n) is 5.21. The minimum atomic E-state index is -1.07. The quantitative estimate of drug-likeness (QED) is 0.338. The number of hydrogen-bond donors (Lipinski definition) is 3. The molecule has 0 aromatic heterocycles. The zero-order valence-corrected chi connectivity index (χ0v) is 19.6. The predicted octanol–water partition coefficient (Wildman–Crippen LogP) is 4.27. The van der Waals surface area contributed by atoms with E-state index < -0.39 is 17.8 Å². The van der Waals surface area contributed by atoms with Gasteiger partial charge >= 0.3 is 0 Å². The van der Waals surface area contributed by atoms with Crippen LogP contribution in [-0.2, 0) is 16.1 Å². The lowest BCUT2D eigenvalue weighted by molar-refractivity contribution is -0.131. The highest BCUT2D eigenvalue weighted by molar-refractivity contribution is 5.94. The average molecular weight is 471 g/mol. The number of ether oxygens (including phenoxy) is 1. The zero-order chi connectivity index (χ0) is 23.3. The molecule has 0 fully saturated rings. The highest BCUT2D eigenvalue weighted by Gasteiger charge is 2.23. The van der Waals surface area contributed by atoms with Crippen molar-refractivity contribution < 1.29 is 13.9 Å². The second kappa shape index (κ2) is 11.4. The number of amides is 1. The number of nitrogens with two attached hydrogens (primary N) is 1. The summed E-state index contributed by atoms with van der Waals surface area (Å²) in [4.78, 5) is 14.7. The molecule has 1 amide bonds. The second-order valence-electron chi connectivity index (χ2n) is 7.62. The summed E-state index contributed by atoms with van der Waals surface area (Å²) in [5.74, 6) is -0.968. The number of methoxy groups -OCH3 is 1. The van der Waals surface area contributed by atoms with Gasteiger partial charge in [-0.3, -0.25) is 10.2 Å². The molecule has 0 heterocycles. The fourth-order valence-corrected chi connectivity index (χ4v) is 3.33. The van der Waals surface area contributed by atoms with Gasteiger partial charge in [-0.25, -0.2) is 4.39 Å². The van der Waals surface area contributed by atoms with Gasteiger partial charge in [0.15, 0.2) is 6.10 Å². The van der Waals surface area contributed by atoms with Crippen LogP contribution in [-0.4, -0.2) is 32.9 Å². The molecule has 0 saturated carbocycles. The van der Waals surface area contributed by atoms with Gasteiger partial charge in [0.2, 0.25) is 0 Å². The lowest BCUT2D eigenvalue weighted by Crippen LogP contribution is -2.30. The second-order valence-corrected chi connectivity index (χ2v) is 7.62. The van der Waals surface area contributed by atoms with Crippen molar-refractivity contribution in [3.63, 3.8) is 0 Å². The SMILES string of the molecule is COC(C(=O)NCc1ccc(C(=N)N)cc1)c1ccc(-c2ccc(N(C)C)cc2)cc1F.Cl. The third-order valence-corrected chi connectivity index (χ3v) is 5.21. The molecule has 4 N–H and O–H groups in total. The highest BCUT2D eigenvalue weighted by Crippen LogP contribution is 2.28. The Bertz CT molecular complexity index is 1100. The molecule has 1 unspecified atom stereocenters. The predicted molar refractivity (Wildman–Crippen MR) is 132 cm³/mol. The Kier molecular flexibility index (Phi) is 8.96. The van der Waals surface area contributed by atoms with E-state index in [-0.39, 0.29) is 30.4 Å². The van der Waals surface area contributed by atoms with E-state index in [4.69, 9.17) is 15.9 Å². The molecule has 0 aliphatic heterocycles. The first-order chi connectivity index (χ1) is 15.3. The number of hydrogen-bond acceptors (Lipinski definition) is 4. The molecule has 8 heteroatoms. The summed E-state index contributed by atoms with van der Waals surface area (Å²) >= 11 is 0. The molecule has 174 valence electrons. The van der Waals surface area contributed by atoms with Gasteiger partial charge in [-0.1, -0.05) is 48.5 Å². The van der Waals surface area contributed by atoms with E-state index in [1.54, 1.807) is 36.4 Å². The third kappa shape index (κ3) is 6.31. The van der Waals surface area contributed by atoms with Crippen molar-refractivity contribution in [3.8, 4) is 11.1 Å². The Hall–Kier alpha value is -3.42. The van der Waals surface area contributed by atoms with E-state index in [9.17, 15) is 9.18 Å². The molecule has 6 nitrogen and oxygen atoms in total. The van der Waals surface area contributed by atoms with Crippen LogP contribution < -0.4 is 16.0 Å². The fourth-order valence-electron chi connectivity index (χ4n) is 3.33. The Labute approximate surface area is 199 Å². The molecule has 0 spiro atoms. The summed E-state index contributed by atoms with van der Waals surface area (Å²) in [7, 11) is 5.29. The van der Waals surface area contributed by atoms with Crippen molar-refractivity contribution in [2.45, 2.75) is 12.6 Å². The average Bonchev–Trinajstić information content (AvgIpc) is 2.79. The summed E-state index contributed by atoms with van der Waals surface area (Å²) in [6.07, 6.45) is -1.07. The van der Waals surface area contributed by atoms with Crippen LogP contribution in [0, 0.1) is 11.2 Å². The maximum absolute atomic E-state index is 14.9. The molecular weight excluding hydrogens is 443 g/mol. The van der Waals surface area contributed by atoms with Crippen LogP contribution in [0.2, 0.25) is 0 Å². The van der Waals surface area contributed by atoms with Crippen LogP contribution in [0.15, 0.2) is 66.7 Å². The van der Waals surface area contributed by atoms with Crippen LogP contribution in [0.3, 0.4) is 0 Å². The maximum atomic E-state index is 14.9. The Morgan fingerprint density at radius 2 is 1.67 bits per heavy atom. The van der Waals surface area contributed by atoms with Crippen molar-refractivity contribution in [2.75, 3.05) is 26.1 Å². The molecule has 0 aliphatic rings. The van der Waals surface area contributed by atoms with Gasteiger partial charge in [-0.2, -0.15) is 0 Å². The minimum absolute atomic E-state index is 0. The van der Waals surface area contributed by atoms with Crippen LogP contribution in [0.5, 0.6) is 0 Å². The summed E-state index contributed by atoms with van der Waals surface area (Å²) < 4.78 is 20.2. The lowest BCUT2D eigenvalue weighted by Gasteiger charge is -2.17. The van der Waals surface area contributed by atoms with E-state index in [0.29, 0.717) is 5.56 Å². The topological polar surface area (TPSA) is 91.4 Å². The molecule has 0 radical (unpaired) electrons. The first-order valence-corrected chi connectivity index (χ1v) is 10.1. The van der Waals surface area contributed by atoms with Crippen LogP contribution >= 0.6 is 12.4 Å². The molecule has 1 atom stereocenters. The van der Waals surface area contributed by atoms with Gasteiger partial charge in [-0.05, 0) is 34.9 Å². The first-order valence-electron chi connectivity index (χ1n) is 10.1. The molecule has 0 aliphatic carbocycles. The molecule has 3 aromatic carbocycles. The number of halogens is 2. The van der Waals surface area contributed by atoms with Crippen molar-refractivity contribution in [2.24, 2.45) is 5.73 Å². The first kappa shape index (κ1) is 25.8. The number of carbonyl (C=O) groups is 1. The van der Waals surface area contributed by atoms with Crippen LogP contribution in [0.1, 0.15) is 22.8 Å². The summed E-state index contributed by atoms with van der Waals surface area (Å²) in [5.41, 5.74) is 9.71. The molecular formula is C25H28ClFN4O2. The van der Waals surface area contributed by atoms with E-state index in [1.165, 1.54) is 13.2 Å². The number of anilines is 1. The minimum Gasteiger partial charge on any atom is -0.384 e. The lowest BCUT2D eigenvalue weighted by atomic mass is 10.0. The highest BCUT2D eigenvalue weighted by atomic mass is 35.5. The summed E-state index contributed by atoms with van der Waals surface area (Å²) in [6, 6.07) is 19.5. The van der Waals surface area contributed by atoms with E-state index >= 15 is 0 Å².